The molecule has 5 rings (SSSR count). The number of rotatable bonds is 6. The fourth-order valence-corrected chi connectivity index (χ4v) is 5.30. The van der Waals surface area contributed by atoms with E-state index in [1.807, 2.05) is 43.3 Å². The Hall–Kier alpha value is -4.49. The summed E-state index contributed by atoms with van der Waals surface area (Å²) in [4.78, 5) is 52.7. The first-order valence-corrected chi connectivity index (χ1v) is 13.0. The first-order valence-electron chi connectivity index (χ1n) is 12.1. The van der Waals surface area contributed by atoms with Crippen LogP contribution in [0.2, 0.25) is 0 Å². The molecule has 0 aromatic heterocycles. The van der Waals surface area contributed by atoms with Crippen LogP contribution in [0.5, 0.6) is 0 Å². The molecule has 1 aliphatic rings. The summed E-state index contributed by atoms with van der Waals surface area (Å²) in [5.74, 6) is -1.05. The molecule has 0 spiro atoms. The van der Waals surface area contributed by atoms with Crippen LogP contribution in [-0.4, -0.2) is 28.6 Å². The van der Waals surface area contributed by atoms with Crippen LogP contribution in [0.3, 0.4) is 0 Å². The van der Waals surface area contributed by atoms with Crippen LogP contribution in [0.25, 0.3) is 0 Å². The maximum Gasteiger partial charge on any atom is 0.255 e. The smallest absolute Gasteiger partial charge is 0.255 e. The second kappa shape index (κ2) is 10.5. The van der Waals surface area contributed by atoms with Gasteiger partial charge in [0.05, 0.1) is 16.5 Å². The zero-order chi connectivity index (χ0) is 26.8. The molecule has 4 aromatic carbocycles. The highest BCUT2D eigenvalue weighted by atomic mass is 32.2. The molecular weight excluding hydrogens is 496 g/mol. The van der Waals surface area contributed by atoms with Crippen molar-refractivity contribution in [3.63, 3.8) is 0 Å². The molecule has 0 bridgehead atoms. The highest BCUT2D eigenvalue weighted by Crippen LogP contribution is 2.33. The molecule has 0 radical (unpaired) electrons. The highest BCUT2D eigenvalue weighted by Gasteiger charge is 2.32. The number of fused-ring (bicyclic) bond motifs is 2. The van der Waals surface area contributed by atoms with Crippen molar-refractivity contribution in [2.45, 2.75) is 24.0 Å². The van der Waals surface area contributed by atoms with Gasteiger partial charge >= 0.3 is 0 Å². The molecule has 0 saturated heterocycles. The summed E-state index contributed by atoms with van der Waals surface area (Å²) < 4.78 is 0. The van der Waals surface area contributed by atoms with E-state index in [9.17, 15) is 19.2 Å². The Morgan fingerprint density at radius 1 is 0.737 bits per heavy atom. The number of amides is 2. The Morgan fingerprint density at radius 2 is 1.42 bits per heavy atom. The number of hydrogen-bond donors (Lipinski definition) is 2. The van der Waals surface area contributed by atoms with Crippen LogP contribution in [-0.2, 0) is 4.79 Å². The number of nitrogens with one attached hydrogen (secondary N) is 2. The molecule has 1 atom stereocenters. The summed E-state index contributed by atoms with van der Waals surface area (Å²) in [6, 6.07) is 26.2. The molecule has 2 N–H and O–H groups in total. The third-order valence-electron chi connectivity index (χ3n) is 6.26. The number of hydrogen-bond acceptors (Lipinski definition) is 5. The van der Waals surface area contributed by atoms with Crippen LogP contribution < -0.4 is 10.6 Å². The van der Waals surface area contributed by atoms with E-state index in [-0.39, 0.29) is 34.5 Å². The highest BCUT2D eigenvalue weighted by molar-refractivity contribution is 8.00. The lowest BCUT2D eigenvalue weighted by atomic mass is 9.83. The summed E-state index contributed by atoms with van der Waals surface area (Å²) in [5.41, 5.74) is 3.69. The third kappa shape index (κ3) is 5.01. The van der Waals surface area contributed by atoms with Gasteiger partial charge in [0, 0.05) is 32.8 Å². The first-order chi connectivity index (χ1) is 18.3. The van der Waals surface area contributed by atoms with Crippen LogP contribution in [0, 0.1) is 6.92 Å². The topological polar surface area (TPSA) is 92.3 Å². The van der Waals surface area contributed by atoms with Crippen molar-refractivity contribution in [1.82, 2.24) is 0 Å². The first kappa shape index (κ1) is 25.2. The lowest BCUT2D eigenvalue weighted by Gasteiger charge is -2.21. The molecule has 4 aromatic rings. The van der Waals surface area contributed by atoms with Gasteiger partial charge in [-0.2, -0.15) is 0 Å². The Balaban J connectivity index is 1.30. The molecule has 0 saturated carbocycles. The second-order valence-electron chi connectivity index (χ2n) is 9.03. The Labute approximate surface area is 224 Å². The van der Waals surface area contributed by atoms with Crippen molar-refractivity contribution in [2.75, 3.05) is 10.6 Å². The molecule has 188 valence electrons. The number of anilines is 2. The zero-order valence-electron chi connectivity index (χ0n) is 20.8. The summed E-state index contributed by atoms with van der Waals surface area (Å²) in [5, 5.41) is 5.22. The fraction of sp³-hybridized carbons (Fsp3) is 0.0968. The Kier molecular flexibility index (Phi) is 6.94. The van der Waals surface area contributed by atoms with E-state index < -0.39 is 5.25 Å². The predicted octanol–water partition coefficient (Wildman–Crippen LogP) is 6.14. The quantitative estimate of drug-likeness (QED) is 0.262. The molecule has 38 heavy (non-hydrogen) atoms. The molecule has 0 aliphatic heterocycles. The maximum absolute atomic E-state index is 13.2. The third-order valence-corrected chi connectivity index (χ3v) is 7.36. The normalized spacial score (nSPS) is 12.8. The van der Waals surface area contributed by atoms with Gasteiger partial charge in [-0.15, -0.1) is 11.8 Å². The van der Waals surface area contributed by atoms with Crippen LogP contribution >= 0.6 is 11.8 Å². The minimum Gasteiger partial charge on any atom is -0.324 e. The molecule has 0 heterocycles. The number of benzene rings is 4. The average Bonchev–Trinajstić information content (AvgIpc) is 2.92. The lowest BCUT2D eigenvalue weighted by molar-refractivity contribution is -0.115. The summed E-state index contributed by atoms with van der Waals surface area (Å²) in [6.07, 6.45) is 0. The van der Waals surface area contributed by atoms with E-state index in [1.165, 1.54) is 11.8 Å². The minimum absolute atomic E-state index is 0.211. The number of ketones is 2. The molecular formula is C31H24N2O4S. The zero-order valence-corrected chi connectivity index (χ0v) is 21.6. The average molecular weight is 521 g/mol. The van der Waals surface area contributed by atoms with Crippen molar-refractivity contribution in [3.05, 3.63) is 124 Å². The van der Waals surface area contributed by atoms with Gasteiger partial charge < -0.3 is 10.6 Å². The monoisotopic (exact) mass is 520 g/mol. The van der Waals surface area contributed by atoms with E-state index in [4.69, 9.17) is 0 Å². The van der Waals surface area contributed by atoms with Gasteiger partial charge in [0.15, 0.2) is 11.6 Å². The van der Waals surface area contributed by atoms with Crippen molar-refractivity contribution < 1.29 is 19.2 Å². The van der Waals surface area contributed by atoms with Gasteiger partial charge in [-0.05, 0) is 50.2 Å². The van der Waals surface area contributed by atoms with Gasteiger partial charge in [0.25, 0.3) is 5.91 Å². The van der Waals surface area contributed by atoms with E-state index in [2.05, 4.69) is 10.6 Å². The van der Waals surface area contributed by atoms with Gasteiger partial charge in [0.2, 0.25) is 5.91 Å². The summed E-state index contributed by atoms with van der Waals surface area (Å²) in [7, 11) is 0. The lowest BCUT2D eigenvalue weighted by Crippen LogP contribution is -2.27. The van der Waals surface area contributed by atoms with Gasteiger partial charge in [-0.1, -0.05) is 60.2 Å². The summed E-state index contributed by atoms with van der Waals surface area (Å²) >= 11 is 1.32. The largest absolute Gasteiger partial charge is 0.324 e. The number of aryl methyl sites for hydroxylation is 1. The van der Waals surface area contributed by atoms with Crippen molar-refractivity contribution in [1.29, 1.82) is 0 Å². The predicted molar refractivity (Wildman–Crippen MR) is 149 cm³/mol. The molecule has 6 nitrogen and oxygen atoms in total. The molecule has 2 amide bonds. The molecule has 1 unspecified atom stereocenters. The Morgan fingerprint density at radius 3 is 2.18 bits per heavy atom. The maximum atomic E-state index is 13.2. The fourth-order valence-electron chi connectivity index (χ4n) is 4.38. The molecule has 1 aliphatic carbocycles. The second-order valence-corrected chi connectivity index (χ2v) is 10.4. The number of carbonyl (C=O) groups is 4. The minimum atomic E-state index is -0.518. The standard InChI is InChI=1S/C31H24N2O4S/c1-18-8-5-9-20(16-18)31(37)32-21-10-6-11-22(17-21)38-19(2)30(36)33-26-15-7-14-25-27(26)29(35)24-13-4-3-12-23(24)28(25)34/h3-17,19H,1-2H3,(H,32,37)(H,33,36). The Bertz CT molecular complexity index is 1610. The van der Waals surface area contributed by atoms with Crippen molar-refractivity contribution in [3.8, 4) is 0 Å². The van der Waals surface area contributed by atoms with Gasteiger partial charge in [0.1, 0.15) is 0 Å². The van der Waals surface area contributed by atoms with Gasteiger partial charge in [-0.25, -0.2) is 0 Å². The van der Waals surface area contributed by atoms with E-state index in [0.717, 1.165) is 10.5 Å². The van der Waals surface area contributed by atoms with Crippen LogP contribution in [0.15, 0.2) is 95.9 Å². The van der Waals surface area contributed by atoms with E-state index in [1.54, 1.807) is 61.5 Å². The van der Waals surface area contributed by atoms with E-state index in [0.29, 0.717) is 28.1 Å². The van der Waals surface area contributed by atoms with Gasteiger partial charge in [-0.3, -0.25) is 19.2 Å². The molecule has 0 fully saturated rings. The molecule has 7 heteroatoms. The van der Waals surface area contributed by atoms with Crippen molar-refractivity contribution in [2.24, 2.45) is 0 Å². The van der Waals surface area contributed by atoms with E-state index >= 15 is 0 Å². The number of thioether (sulfide) groups is 1. The van der Waals surface area contributed by atoms with Crippen LogP contribution in [0.4, 0.5) is 11.4 Å². The number of carbonyl (C=O) groups excluding carboxylic acids is 4. The SMILES string of the molecule is Cc1cccc(C(=O)Nc2cccc(SC(C)C(=O)Nc3cccc4c3C(=O)c3ccccc3C4=O)c2)c1. The van der Waals surface area contributed by atoms with Crippen LogP contribution in [0.1, 0.15) is 54.7 Å². The summed E-state index contributed by atoms with van der Waals surface area (Å²) in [6.45, 7) is 3.69. The van der Waals surface area contributed by atoms with Crippen molar-refractivity contribution >= 4 is 46.5 Å².